The van der Waals surface area contributed by atoms with Gasteiger partial charge in [0.2, 0.25) is 10.0 Å². The van der Waals surface area contributed by atoms with Gasteiger partial charge in [0.1, 0.15) is 10.7 Å². The van der Waals surface area contributed by atoms with E-state index in [-0.39, 0.29) is 22.3 Å². The second-order valence-corrected chi connectivity index (χ2v) is 7.87. The molecule has 0 atom stereocenters. The van der Waals surface area contributed by atoms with Crippen LogP contribution in [0.2, 0.25) is 0 Å². The van der Waals surface area contributed by atoms with E-state index in [1.165, 1.54) is 20.2 Å². The van der Waals surface area contributed by atoms with Crippen LogP contribution in [0.4, 0.5) is 0 Å². The van der Waals surface area contributed by atoms with Crippen LogP contribution in [0.25, 0.3) is 11.7 Å². The lowest BCUT2D eigenvalue weighted by molar-refractivity contribution is 0.229. The number of hydrogen-bond donors (Lipinski definition) is 1. The highest BCUT2D eigenvalue weighted by atomic mass is 32.2. The first-order valence-corrected chi connectivity index (χ1v) is 8.34. The summed E-state index contributed by atoms with van der Waals surface area (Å²) < 4.78 is 36.2. The van der Waals surface area contributed by atoms with Gasteiger partial charge < -0.3 is 14.7 Å². The number of aryl methyl sites for hydroxylation is 1. The molecule has 0 saturated heterocycles. The topological polar surface area (TPSA) is 115 Å². The minimum absolute atomic E-state index is 0.0818. The van der Waals surface area contributed by atoms with E-state index in [9.17, 15) is 8.42 Å². The first-order chi connectivity index (χ1) is 10.2. The largest absolute Gasteiger partial charge is 0.455 e. The first kappa shape index (κ1) is 15.2. The van der Waals surface area contributed by atoms with Crippen molar-refractivity contribution in [3.05, 3.63) is 17.7 Å². The maximum atomic E-state index is 12.2. The summed E-state index contributed by atoms with van der Waals surface area (Å²) in [6.07, 6.45) is 2.65. The van der Waals surface area contributed by atoms with Crippen LogP contribution in [0.15, 0.2) is 19.9 Å². The van der Waals surface area contributed by atoms with E-state index >= 15 is 0 Å². The zero-order chi connectivity index (χ0) is 16.1. The van der Waals surface area contributed by atoms with E-state index in [0.717, 1.165) is 23.6 Å². The lowest BCUT2D eigenvalue weighted by Gasteiger charge is -2.34. The standard InChI is InChI=1S/C13H18N4O4S/c1-8-10(22(18,19)17(2)3)7-9(20-8)11-15-12(16-21-11)13(14)5-4-6-13/h7H,4-6,14H2,1-3H3. The van der Waals surface area contributed by atoms with Gasteiger partial charge in [0.15, 0.2) is 11.6 Å². The molecule has 1 aliphatic rings. The van der Waals surface area contributed by atoms with Gasteiger partial charge in [0.05, 0.1) is 5.54 Å². The molecule has 0 unspecified atom stereocenters. The fourth-order valence-corrected chi connectivity index (χ4v) is 3.38. The Kier molecular flexibility index (Phi) is 3.38. The molecule has 0 aliphatic heterocycles. The van der Waals surface area contributed by atoms with Crippen molar-refractivity contribution in [3.8, 4) is 11.7 Å². The van der Waals surface area contributed by atoms with Gasteiger partial charge >= 0.3 is 0 Å². The van der Waals surface area contributed by atoms with Gasteiger partial charge in [-0.05, 0) is 26.2 Å². The summed E-state index contributed by atoms with van der Waals surface area (Å²) in [5.74, 6) is 1.06. The number of furan rings is 1. The summed E-state index contributed by atoms with van der Waals surface area (Å²) in [6.45, 7) is 1.58. The average molecular weight is 326 g/mol. The molecule has 120 valence electrons. The Bertz CT molecular complexity index is 802. The quantitative estimate of drug-likeness (QED) is 0.898. The van der Waals surface area contributed by atoms with E-state index in [2.05, 4.69) is 10.1 Å². The Morgan fingerprint density at radius 3 is 2.59 bits per heavy atom. The second kappa shape index (κ2) is 4.90. The van der Waals surface area contributed by atoms with Crippen LogP contribution < -0.4 is 5.73 Å². The molecule has 0 spiro atoms. The number of sulfonamides is 1. The zero-order valence-electron chi connectivity index (χ0n) is 12.7. The van der Waals surface area contributed by atoms with Crippen molar-refractivity contribution in [2.45, 2.75) is 36.6 Å². The third kappa shape index (κ3) is 2.25. The van der Waals surface area contributed by atoms with Crippen molar-refractivity contribution < 1.29 is 17.4 Å². The Labute approximate surface area is 128 Å². The molecule has 8 nitrogen and oxygen atoms in total. The molecule has 0 radical (unpaired) electrons. The molecule has 1 saturated carbocycles. The summed E-state index contributed by atoms with van der Waals surface area (Å²) in [6, 6.07) is 1.39. The van der Waals surface area contributed by atoms with Crippen molar-refractivity contribution >= 4 is 10.0 Å². The fraction of sp³-hybridized carbons (Fsp3) is 0.538. The normalized spacial score (nSPS) is 17.7. The summed E-state index contributed by atoms with van der Waals surface area (Å²) in [7, 11) is -0.666. The van der Waals surface area contributed by atoms with Crippen LogP contribution in [0.5, 0.6) is 0 Å². The molecule has 2 aromatic rings. The van der Waals surface area contributed by atoms with Gasteiger partial charge in [0.25, 0.3) is 5.89 Å². The number of aromatic nitrogens is 2. The Morgan fingerprint density at radius 2 is 2.05 bits per heavy atom. The number of nitrogens with zero attached hydrogens (tertiary/aromatic N) is 3. The van der Waals surface area contributed by atoms with Gasteiger partial charge in [0, 0.05) is 20.2 Å². The number of hydrogen-bond acceptors (Lipinski definition) is 7. The Hall–Kier alpha value is -1.71. The van der Waals surface area contributed by atoms with Gasteiger partial charge in [-0.3, -0.25) is 0 Å². The van der Waals surface area contributed by atoms with E-state index in [1.54, 1.807) is 6.92 Å². The van der Waals surface area contributed by atoms with Crippen LogP contribution >= 0.6 is 0 Å². The molecule has 0 amide bonds. The lowest BCUT2D eigenvalue weighted by atomic mass is 9.77. The molecule has 22 heavy (non-hydrogen) atoms. The summed E-state index contributed by atoms with van der Waals surface area (Å²) in [5.41, 5.74) is 5.60. The molecule has 1 fully saturated rings. The molecule has 3 rings (SSSR count). The molecular formula is C13H18N4O4S. The smallest absolute Gasteiger partial charge is 0.293 e. The van der Waals surface area contributed by atoms with E-state index in [4.69, 9.17) is 14.7 Å². The van der Waals surface area contributed by atoms with Gasteiger partial charge in [-0.25, -0.2) is 12.7 Å². The number of rotatable bonds is 4. The van der Waals surface area contributed by atoms with Crippen molar-refractivity contribution in [3.63, 3.8) is 0 Å². The van der Waals surface area contributed by atoms with Crippen molar-refractivity contribution in [2.24, 2.45) is 5.73 Å². The SMILES string of the molecule is Cc1oc(-c2nc(C3(N)CCC3)no2)cc1S(=O)(=O)N(C)C. The third-order valence-corrected chi connectivity index (χ3v) is 5.88. The summed E-state index contributed by atoms with van der Waals surface area (Å²) in [4.78, 5) is 4.33. The molecule has 2 N–H and O–H groups in total. The third-order valence-electron chi connectivity index (χ3n) is 3.96. The van der Waals surface area contributed by atoms with Crippen LogP contribution in [0, 0.1) is 6.92 Å². The second-order valence-electron chi connectivity index (χ2n) is 5.75. The predicted octanol–water partition coefficient (Wildman–Crippen LogP) is 1.23. The van der Waals surface area contributed by atoms with Gasteiger partial charge in [-0.2, -0.15) is 4.98 Å². The minimum atomic E-state index is -3.58. The Balaban J connectivity index is 1.97. The van der Waals surface area contributed by atoms with Gasteiger partial charge in [-0.15, -0.1) is 0 Å². The zero-order valence-corrected chi connectivity index (χ0v) is 13.5. The highest BCUT2D eigenvalue weighted by Gasteiger charge is 2.39. The number of nitrogens with two attached hydrogens (primary N) is 1. The van der Waals surface area contributed by atoms with E-state index < -0.39 is 15.6 Å². The molecule has 9 heteroatoms. The molecule has 2 heterocycles. The Morgan fingerprint density at radius 1 is 1.36 bits per heavy atom. The molecular weight excluding hydrogens is 308 g/mol. The fourth-order valence-electron chi connectivity index (χ4n) is 2.33. The van der Waals surface area contributed by atoms with Crippen molar-refractivity contribution in [1.29, 1.82) is 0 Å². The monoisotopic (exact) mass is 326 g/mol. The van der Waals surface area contributed by atoms with E-state index in [1.807, 2.05) is 0 Å². The maximum absolute atomic E-state index is 12.2. The highest BCUT2D eigenvalue weighted by Crippen LogP contribution is 2.38. The van der Waals surface area contributed by atoms with E-state index in [0.29, 0.717) is 5.82 Å². The molecule has 0 bridgehead atoms. The van der Waals surface area contributed by atoms with Gasteiger partial charge in [-0.1, -0.05) is 5.16 Å². The van der Waals surface area contributed by atoms with Crippen molar-refractivity contribution in [1.82, 2.24) is 14.4 Å². The summed E-state index contributed by atoms with van der Waals surface area (Å²) in [5, 5.41) is 3.89. The average Bonchev–Trinajstić information content (AvgIpc) is 3.02. The molecule has 0 aromatic carbocycles. The first-order valence-electron chi connectivity index (χ1n) is 6.90. The molecule has 2 aromatic heterocycles. The van der Waals surface area contributed by atoms with Crippen molar-refractivity contribution in [2.75, 3.05) is 14.1 Å². The van der Waals surface area contributed by atoms with Crippen LogP contribution in [0.1, 0.15) is 30.8 Å². The highest BCUT2D eigenvalue weighted by molar-refractivity contribution is 7.89. The van der Waals surface area contributed by atoms with Crippen LogP contribution in [-0.2, 0) is 15.6 Å². The minimum Gasteiger partial charge on any atom is -0.455 e. The predicted molar refractivity (Wildman–Crippen MR) is 77.3 cm³/mol. The summed E-state index contributed by atoms with van der Waals surface area (Å²) >= 11 is 0. The lowest BCUT2D eigenvalue weighted by Crippen LogP contribution is -2.44. The van der Waals surface area contributed by atoms with Crippen LogP contribution in [0.3, 0.4) is 0 Å². The molecule has 1 aliphatic carbocycles. The van der Waals surface area contributed by atoms with Crippen LogP contribution in [-0.4, -0.2) is 37.0 Å². The maximum Gasteiger partial charge on any atom is 0.293 e.